The number of rotatable bonds is 4. The molecule has 1 aromatic carbocycles. The number of carboxylic acids is 1. The van der Waals surface area contributed by atoms with E-state index >= 15 is 0 Å². The van der Waals surface area contributed by atoms with Crippen molar-refractivity contribution in [3.05, 3.63) is 34.9 Å². The molecule has 0 aliphatic carbocycles. The molecule has 0 saturated heterocycles. The molecule has 2 rings (SSSR count). The van der Waals surface area contributed by atoms with Gasteiger partial charge < -0.3 is 5.11 Å². The summed E-state index contributed by atoms with van der Waals surface area (Å²) in [5.41, 5.74) is 0.490. The summed E-state index contributed by atoms with van der Waals surface area (Å²) in [5, 5.41) is 8.95. The van der Waals surface area contributed by atoms with E-state index < -0.39 is 11.9 Å². The maximum Gasteiger partial charge on any atom is 0.335 e. The van der Waals surface area contributed by atoms with Crippen LogP contribution in [0.15, 0.2) is 18.2 Å². The number of carbonyl (C=O) groups is 3. The minimum atomic E-state index is -1.11. The molecular weight excluding hydrogens is 258 g/mol. The van der Waals surface area contributed by atoms with Gasteiger partial charge in [-0.25, -0.2) is 4.79 Å². The van der Waals surface area contributed by atoms with Crippen LogP contribution in [0.25, 0.3) is 0 Å². The summed E-state index contributed by atoms with van der Waals surface area (Å²) in [6, 6.07) is 3.85. The van der Waals surface area contributed by atoms with Gasteiger partial charge in [0, 0.05) is 6.04 Å². The molecule has 1 N–H and O–H groups in total. The minimum absolute atomic E-state index is 0.0169. The maximum atomic E-state index is 12.3. The quantitative estimate of drug-likeness (QED) is 0.856. The fourth-order valence-corrected chi connectivity index (χ4v) is 2.58. The Hall–Kier alpha value is -2.17. The average molecular weight is 275 g/mol. The van der Waals surface area contributed by atoms with E-state index in [-0.39, 0.29) is 28.6 Å². The first kappa shape index (κ1) is 14.2. The van der Waals surface area contributed by atoms with Gasteiger partial charge in [-0.3, -0.25) is 14.5 Å². The number of fused-ring (bicyclic) bond motifs is 1. The van der Waals surface area contributed by atoms with Gasteiger partial charge in [0.2, 0.25) is 0 Å². The van der Waals surface area contributed by atoms with Crippen LogP contribution in [0.5, 0.6) is 0 Å². The smallest absolute Gasteiger partial charge is 0.335 e. The summed E-state index contributed by atoms with van der Waals surface area (Å²) in [6.45, 7) is 5.88. The first-order valence-corrected chi connectivity index (χ1v) is 6.58. The van der Waals surface area contributed by atoms with Gasteiger partial charge in [-0.1, -0.05) is 13.8 Å². The Labute approximate surface area is 117 Å². The number of amides is 2. The Bertz CT molecular complexity index is 592. The summed E-state index contributed by atoms with van der Waals surface area (Å²) < 4.78 is 0. The van der Waals surface area contributed by atoms with Crippen molar-refractivity contribution in [1.82, 2.24) is 4.90 Å². The molecule has 1 heterocycles. The highest BCUT2D eigenvalue weighted by Gasteiger charge is 2.38. The lowest BCUT2D eigenvalue weighted by Crippen LogP contribution is -2.38. The summed E-state index contributed by atoms with van der Waals surface area (Å²) in [6.07, 6.45) is 0.720. The lowest BCUT2D eigenvalue weighted by molar-refractivity contribution is 0.0580. The van der Waals surface area contributed by atoms with Crippen LogP contribution in [-0.4, -0.2) is 33.8 Å². The molecular formula is C15H17NO4. The second-order valence-corrected chi connectivity index (χ2v) is 5.52. The Morgan fingerprint density at radius 2 is 1.75 bits per heavy atom. The molecule has 106 valence electrons. The fraction of sp³-hybridized carbons (Fsp3) is 0.400. The molecule has 1 aliphatic heterocycles. The predicted molar refractivity (Wildman–Crippen MR) is 72.8 cm³/mol. The van der Waals surface area contributed by atoms with Gasteiger partial charge in [0.05, 0.1) is 16.7 Å². The van der Waals surface area contributed by atoms with Crippen LogP contribution in [0.4, 0.5) is 0 Å². The van der Waals surface area contributed by atoms with Crippen molar-refractivity contribution in [1.29, 1.82) is 0 Å². The molecule has 0 aromatic heterocycles. The van der Waals surface area contributed by atoms with E-state index in [9.17, 15) is 14.4 Å². The lowest BCUT2D eigenvalue weighted by atomic mass is 10.0. The van der Waals surface area contributed by atoms with E-state index in [1.165, 1.54) is 23.1 Å². The molecule has 2 amide bonds. The van der Waals surface area contributed by atoms with Gasteiger partial charge in [-0.2, -0.15) is 0 Å². The minimum Gasteiger partial charge on any atom is -0.478 e. The van der Waals surface area contributed by atoms with Crippen molar-refractivity contribution >= 4 is 17.8 Å². The Balaban J connectivity index is 2.37. The van der Waals surface area contributed by atoms with Crippen LogP contribution in [0.2, 0.25) is 0 Å². The molecule has 0 saturated carbocycles. The summed E-state index contributed by atoms with van der Waals surface area (Å²) in [5.74, 6) is -1.48. The summed E-state index contributed by atoms with van der Waals surface area (Å²) in [4.78, 5) is 36.8. The van der Waals surface area contributed by atoms with Crippen LogP contribution in [-0.2, 0) is 0 Å². The lowest BCUT2D eigenvalue weighted by Gasteiger charge is -2.23. The zero-order chi connectivity index (χ0) is 15.0. The Kier molecular flexibility index (Phi) is 3.61. The second-order valence-electron chi connectivity index (χ2n) is 5.52. The predicted octanol–water partition coefficient (Wildman–Crippen LogP) is 2.42. The van der Waals surface area contributed by atoms with Gasteiger partial charge in [-0.05, 0) is 37.5 Å². The standard InChI is InChI=1S/C15H17NO4/c1-8(2)6-9(3)16-13(17)11-5-4-10(15(19)20)7-12(11)14(16)18/h4-5,7-9H,6H2,1-3H3,(H,19,20). The molecule has 5 nitrogen and oxygen atoms in total. The number of hydrogen-bond acceptors (Lipinski definition) is 3. The third-order valence-corrected chi connectivity index (χ3v) is 3.42. The van der Waals surface area contributed by atoms with Crippen molar-refractivity contribution in [2.45, 2.75) is 33.2 Å². The highest BCUT2D eigenvalue weighted by atomic mass is 16.4. The second kappa shape index (κ2) is 5.07. The van der Waals surface area contributed by atoms with Gasteiger partial charge >= 0.3 is 5.97 Å². The largest absolute Gasteiger partial charge is 0.478 e. The van der Waals surface area contributed by atoms with E-state index in [0.29, 0.717) is 5.92 Å². The van der Waals surface area contributed by atoms with Crippen LogP contribution in [0, 0.1) is 5.92 Å². The SMILES string of the molecule is CC(C)CC(C)N1C(=O)c2ccc(C(=O)O)cc2C1=O. The van der Waals surface area contributed by atoms with Crippen molar-refractivity contribution in [3.8, 4) is 0 Å². The number of hydrogen-bond donors (Lipinski definition) is 1. The highest BCUT2D eigenvalue weighted by molar-refractivity contribution is 6.22. The van der Waals surface area contributed by atoms with Gasteiger partial charge in [0.25, 0.3) is 11.8 Å². The molecule has 0 spiro atoms. The molecule has 0 bridgehead atoms. The average Bonchev–Trinajstić information content (AvgIpc) is 2.60. The normalized spacial score (nSPS) is 15.7. The molecule has 1 aromatic rings. The van der Waals surface area contributed by atoms with Gasteiger partial charge in [-0.15, -0.1) is 0 Å². The van der Waals surface area contributed by atoms with Crippen LogP contribution < -0.4 is 0 Å². The van der Waals surface area contributed by atoms with Gasteiger partial charge in [0.1, 0.15) is 0 Å². The van der Waals surface area contributed by atoms with Crippen LogP contribution in [0.1, 0.15) is 58.3 Å². The van der Waals surface area contributed by atoms with Crippen molar-refractivity contribution < 1.29 is 19.5 Å². The first-order valence-electron chi connectivity index (χ1n) is 6.58. The zero-order valence-electron chi connectivity index (χ0n) is 11.7. The number of aromatic carboxylic acids is 1. The number of carbonyl (C=O) groups excluding carboxylic acids is 2. The summed E-state index contributed by atoms with van der Waals surface area (Å²) >= 11 is 0. The van der Waals surface area contributed by atoms with Crippen molar-refractivity contribution in [2.75, 3.05) is 0 Å². The van der Waals surface area contributed by atoms with Crippen LogP contribution >= 0.6 is 0 Å². The zero-order valence-corrected chi connectivity index (χ0v) is 11.7. The molecule has 1 aliphatic rings. The van der Waals surface area contributed by atoms with E-state index in [4.69, 9.17) is 5.11 Å². The number of nitrogens with zero attached hydrogens (tertiary/aromatic N) is 1. The third-order valence-electron chi connectivity index (χ3n) is 3.42. The first-order chi connectivity index (χ1) is 9.32. The number of imide groups is 1. The molecule has 1 atom stereocenters. The topological polar surface area (TPSA) is 74.7 Å². The molecule has 0 radical (unpaired) electrons. The highest BCUT2D eigenvalue weighted by Crippen LogP contribution is 2.27. The third kappa shape index (κ3) is 2.31. The van der Waals surface area contributed by atoms with E-state index in [0.717, 1.165) is 6.42 Å². The number of benzene rings is 1. The molecule has 1 unspecified atom stereocenters. The number of carboxylic acid groups (broad SMARTS) is 1. The van der Waals surface area contributed by atoms with Crippen LogP contribution in [0.3, 0.4) is 0 Å². The molecule has 20 heavy (non-hydrogen) atoms. The fourth-order valence-electron chi connectivity index (χ4n) is 2.58. The van der Waals surface area contributed by atoms with E-state index in [2.05, 4.69) is 0 Å². The Morgan fingerprint density at radius 1 is 1.15 bits per heavy atom. The van der Waals surface area contributed by atoms with E-state index in [1.807, 2.05) is 20.8 Å². The van der Waals surface area contributed by atoms with Crippen molar-refractivity contribution in [3.63, 3.8) is 0 Å². The summed E-state index contributed by atoms with van der Waals surface area (Å²) in [7, 11) is 0. The molecule has 0 fully saturated rings. The van der Waals surface area contributed by atoms with Crippen molar-refractivity contribution in [2.24, 2.45) is 5.92 Å². The molecule has 5 heteroatoms. The van der Waals surface area contributed by atoms with Gasteiger partial charge in [0.15, 0.2) is 0 Å². The Morgan fingerprint density at radius 3 is 2.30 bits per heavy atom. The maximum absolute atomic E-state index is 12.3. The monoisotopic (exact) mass is 275 g/mol. The van der Waals surface area contributed by atoms with E-state index in [1.54, 1.807) is 0 Å².